The van der Waals surface area contributed by atoms with Crippen LogP contribution < -0.4 is 5.32 Å². The second-order valence-corrected chi connectivity index (χ2v) is 10.1. The lowest BCUT2D eigenvalue weighted by atomic mass is 9.74. The number of urea groups is 1. The van der Waals surface area contributed by atoms with Crippen LogP contribution in [0.4, 0.5) is 4.79 Å². The molecule has 8 nitrogen and oxygen atoms in total. The minimum absolute atomic E-state index is 0.0311. The summed E-state index contributed by atoms with van der Waals surface area (Å²) in [4.78, 5) is 55.3. The summed E-state index contributed by atoms with van der Waals surface area (Å²) in [5.41, 5.74) is -0.00811. The number of nitrogens with zero attached hydrogens (tertiary/aromatic N) is 2. The number of carbonyl (C=O) groups excluding carboxylic acids is 4. The fourth-order valence-electron chi connectivity index (χ4n) is 5.19. The molecule has 0 aliphatic carbocycles. The number of amides is 4. The predicted octanol–water partition coefficient (Wildman–Crippen LogP) is 3.72. The normalized spacial score (nSPS) is 20.7. The number of thiophene rings is 1. The Labute approximate surface area is 209 Å². The van der Waals surface area contributed by atoms with Crippen molar-refractivity contribution in [2.24, 2.45) is 5.92 Å². The van der Waals surface area contributed by atoms with E-state index in [1.165, 1.54) is 12.0 Å². The van der Waals surface area contributed by atoms with Crippen LogP contribution in [0.5, 0.6) is 0 Å². The minimum atomic E-state index is -0.904. The molecule has 2 saturated heterocycles. The highest BCUT2D eigenvalue weighted by atomic mass is 32.1. The van der Waals surface area contributed by atoms with Crippen molar-refractivity contribution in [1.82, 2.24) is 15.1 Å². The minimum Gasteiger partial charge on any atom is -0.465 e. The molecular formula is C26H31N3O5S. The lowest BCUT2D eigenvalue weighted by molar-refractivity contribution is -0.134. The number of benzene rings is 1. The Morgan fingerprint density at radius 2 is 1.80 bits per heavy atom. The van der Waals surface area contributed by atoms with Crippen LogP contribution in [0, 0.1) is 5.92 Å². The fraction of sp³-hybridized carbons (Fsp3) is 0.462. The Bertz CT molecular complexity index is 1080. The van der Waals surface area contributed by atoms with Gasteiger partial charge in [-0.05, 0) is 67.3 Å². The number of nitrogens with one attached hydrogen (secondary N) is 1. The van der Waals surface area contributed by atoms with Crippen molar-refractivity contribution in [3.8, 4) is 0 Å². The van der Waals surface area contributed by atoms with E-state index in [1.54, 1.807) is 40.5 Å². The first kappa shape index (κ1) is 24.9. The molecule has 1 N–H and O–H groups in total. The van der Waals surface area contributed by atoms with Gasteiger partial charge in [-0.25, -0.2) is 9.59 Å². The van der Waals surface area contributed by atoms with Crippen molar-refractivity contribution in [3.05, 3.63) is 57.8 Å². The lowest BCUT2D eigenvalue weighted by Crippen LogP contribution is -2.56. The maximum absolute atomic E-state index is 13.6. The molecule has 4 rings (SSSR count). The molecule has 2 aliphatic heterocycles. The van der Waals surface area contributed by atoms with E-state index >= 15 is 0 Å². The standard InChI is InChI=1S/C26H31N3O5S/c1-3-13-26(24(32)29(25(33)27-26)16-12-21-5-4-17-35-21)20-10-14-28(15-11-20)22(30)18-6-8-19(9-7-18)23(31)34-2/h4-9,17,20H,3,10-16H2,1-2H3,(H,27,33)/t26-/m0/s1. The summed E-state index contributed by atoms with van der Waals surface area (Å²) < 4.78 is 4.71. The highest BCUT2D eigenvalue weighted by Gasteiger charge is 2.55. The maximum atomic E-state index is 13.6. The average molecular weight is 498 g/mol. The van der Waals surface area contributed by atoms with Gasteiger partial charge in [0.1, 0.15) is 5.54 Å². The highest BCUT2D eigenvalue weighted by molar-refractivity contribution is 7.09. The third-order valence-electron chi connectivity index (χ3n) is 7.04. The number of esters is 1. The van der Waals surface area contributed by atoms with Gasteiger partial charge in [-0.2, -0.15) is 0 Å². The molecule has 0 radical (unpaired) electrons. The zero-order chi connectivity index (χ0) is 25.0. The molecule has 35 heavy (non-hydrogen) atoms. The Balaban J connectivity index is 1.41. The average Bonchev–Trinajstić information content (AvgIpc) is 3.49. The van der Waals surface area contributed by atoms with Crippen LogP contribution in [0.15, 0.2) is 41.8 Å². The van der Waals surface area contributed by atoms with E-state index in [2.05, 4.69) is 5.32 Å². The maximum Gasteiger partial charge on any atom is 0.337 e. The van der Waals surface area contributed by atoms with Crippen LogP contribution in [0.1, 0.15) is 58.2 Å². The Kier molecular flexibility index (Phi) is 7.54. The number of hydrogen-bond donors (Lipinski definition) is 1. The number of hydrogen-bond acceptors (Lipinski definition) is 6. The Morgan fingerprint density at radius 1 is 1.11 bits per heavy atom. The Hall–Kier alpha value is -3.20. The van der Waals surface area contributed by atoms with Gasteiger partial charge in [0, 0.05) is 30.1 Å². The highest BCUT2D eigenvalue weighted by Crippen LogP contribution is 2.37. The topological polar surface area (TPSA) is 96.0 Å². The molecule has 2 fully saturated rings. The molecule has 1 aromatic carbocycles. The predicted molar refractivity (Wildman–Crippen MR) is 132 cm³/mol. The SMILES string of the molecule is CCC[C@@]1(C2CCN(C(=O)c3ccc(C(=O)OC)cc3)CC2)NC(=O)N(CCc2cccs2)C1=O. The number of likely N-dealkylation sites (tertiary alicyclic amines) is 1. The van der Waals surface area contributed by atoms with Crippen molar-refractivity contribution < 1.29 is 23.9 Å². The smallest absolute Gasteiger partial charge is 0.337 e. The van der Waals surface area contributed by atoms with Gasteiger partial charge in [-0.1, -0.05) is 19.4 Å². The van der Waals surface area contributed by atoms with E-state index in [4.69, 9.17) is 4.74 Å². The lowest BCUT2D eigenvalue weighted by Gasteiger charge is -2.41. The van der Waals surface area contributed by atoms with Gasteiger partial charge >= 0.3 is 12.0 Å². The van der Waals surface area contributed by atoms with Crippen molar-refractivity contribution in [1.29, 1.82) is 0 Å². The van der Waals surface area contributed by atoms with Crippen LogP contribution in [-0.2, 0) is 16.0 Å². The third kappa shape index (κ3) is 4.96. The fourth-order valence-corrected chi connectivity index (χ4v) is 5.89. The molecule has 9 heteroatoms. The van der Waals surface area contributed by atoms with Gasteiger partial charge in [0.25, 0.3) is 11.8 Å². The van der Waals surface area contributed by atoms with Crippen LogP contribution in [0.2, 0.25) is 0 Å². The van der Waals surface area contributed by atoms with Crippen LogP contribution in [0.3, 0.4) is 0 Å². The summed E-state index contributed by atoms with van der Waals surface area (Å²) in [6, 6.07) is 10.1. The largest absolute Gasteiger partial charge is 0.465 e. The zero-order valence-corrected chi connectivity index (χ0v) is 20.9. The van der Waals surface area contributed by atoms with Gasteiger partial charge in [-0.15, -0.1) is 11.3 Å². The van der Waals surface area contributed by atoms with E-state index in [-0.39, 0.29) is 23.8 Å². The molecule has 186 valence electrons. The molecule has 0 spiro atoms. The molecule has 0 unspecified atom stereocenters. The van der Waals surface area contributed by atoms with Crippen molar-refractivity contribution in [2.45, 2.75) is 44.6 Å². The summed E-state index contributed by atoms with van der Waals surface area (Å²) in [7, 11) is 1.32. The Morgan fingerprint density at radius 3 is 2.40 bits per heavy atom. The van der Waals surface area contributed by atoms with Crippen molar-refractivity contribution in [3.63, 3.8) is 0 Å². The second-order valence-electron chi connectivity index (χ2n) is 9.07. The zero-order valence-electron chi connectivity index (χ0n) is 20.1. The van der Waals surface area contributed by atoms with Gasteiger partial charge < -0.3 is 15.0 Å². The monoisotopic (exact) mass is 497 g/mol. The first-order chi connectivity index (χ1) is 16.9. The first-order valence-corrected chi connectivity index (χ1v) is 12.9. The molecule has 2 aliphatic rings. The van der Waals surface area contributed by atoms with Crippen molar-refractivity contribution in [2.75, 3.05) is 26.7 Å². The number of rotatable bonds is 8. The van der Waals surface area contributed by atoms with Crippen molar-refractivity contribution >= 4 is 35.2 Å². The number of imide groups is 1. The first-order valence-electron chi connectivity index (χ1n) is 12.0. The van der Waals surface area contributed by atoms with E-state index in [0.29, 0.717) is 56.4 Å². The van der Waals surface area contributed by atoms with Gasteiger partial charge in [0.2, 0.25) is 0 Å². The summed E-state index contributed by atoms with van der Waals surface area (Å²) in [5, 5.41) is 5.05. The van der Waals surface area contributed by atoms with Crippen LogP contribution >= 0.6 is 11.3 Å². The van der Waals surface area contributed by atoms with E-state index < -0.39 is 11.5 Å². The quantitative estimate of drug-likeness (QED) is 0.443. The van der Waals surface area contributed by atoms with Crippen LogP contribution in [0.25, 0.3) is 0 Å². The number of carbonyl (C=O) groups is 4. The molecule has 4 amide bonds. The van der Waals surface area contributed by atoms with E-state index in [1.807, 2.05) is 24.4 Å². The summed E-state index contributed by atoms with van der Waals surface area (Å²) >= 11 is 1.62. The second kappa shape index (κ2) is 10.6. The van der Waals surface area contributed by atoms with Gasteiger partial charge in [-0.3, -0.25) is 14.5 Å². The van der Waals surface area contributed by atoms with Gasteiger partial charge in [0.05, 0.1) is 12.7 Å². The van der Waals surface area contributed by atoms with E-state index in [9.17, 15) is 19.2 Å². The summed E-state index contributed by atoms with van der Waals surface area (Å²) in [6.07, 6.45) is 3.28. The third-order valence-corrected chi connectivity index (χ3v) is 7.98. The summed E-state index contributed by atoms with van der Waals surface area (Å²) in [6.45, 7) is 3.40. The molecule has 2 aromatic rings. The van der Waals surface area contributed by atoms with Crippen LogP contribution in [-0.4, -0.2) is 65.9 Å². The molecule has 1 aromatic heterocycles. The number of ether oxygens (including phenoxy) is 1. The molecular weight excluding hydrogens is 466 g/mol. The molecule has 3 heterocycles. The van der Waals surface area contributed by atoms with Gasteiger partial charge in [0.15, 0.2) is 0 Å². The summed E-state index contributed by atoms with van der Waals surface area (Å²) in [5.74, 6) is -0.719. The van der Waals surface area contributed by atoms with E-state index in [0.717, 1.165) is 11.3 Å². The molecule has 1 atom stereocenters. The number of piperidine rings is 1. The molecule has 0 saturated carbocycles. The number of methoxy groups -OCH3 is 1. The molecule has 0 bridgehead atoms.